The molecule has 1 aromatic rings. The van der Waals surface area contributed by atoms with Crippen LogP contribution in [0.1, 0.15) is 43.1 Å². The number of imidazole rings is 1. The van der Waals surface area contributed by atoms with Gasteiger partial charge in [-0.3, -0.25) is 4.57 Å². The lowest BCUT2D eigenvalue weighted by molar-refractivity contribution is 0.307. The van der Waals surface area contributed by atoms with Gasteiger partial charge in [-0.05, 0) is 25.7 Å². The number of hydrogen-bond acceptors (Lipinski definition) is 3. The molecule has 1 saturated carbocycles. The molecule has 2 aliphatic rings. The minimum Gasteiger partial charge on any atom is -0.328 e. The SMILES string of the molecule is NC1CCCC(n2c3c([nH]c2=O)CCNC3)C1. The Morgan fingerprint density at radius 3 is 3.06 bits per heavy atom. The highest BCUT2D eigenvalue weighted by Crippen LogP contribution is 2.28. The molecule has 4 N–H and O–H groups in total. The second kappa shape index (κ2) is 4.31. The van der Waals surface area contributed by atoms with Gasteiger partial charge in [-0.15, -0.1) is 0 Å². The summed E-state index contributed by atoms with van der Waals surface area (Å²) in [5.74, 6) is 0. The summed E-state index contributed by atoms with van der Waals surface area (Å²) in [4.78, 5) is 15.1. The number of nitrogens with one attached hydrogen (secondary N) is 2. The first-order chi connectivity index (χ1) is 8.25. The first-order valence-corrected chi connectivity index (χ1v) is 6.54. The fourth-order valence-corrected chi connectivity index (χ4v) is 3.17. The molecule has 5 nitrogen and oxygen atoms in total. The van der Waals surface area contributed by atoms with E-state index in [1.165, 1.54) is 0 Å². The average molecular weight is 236 g/mol. The molecule has 1 fully saturated rings. The van der Waals surface area contributed by atoms with Crippen molar-refractivity contribution in [3.05, 3.63) is 21.9 Å². The van der Waals surface area contributed by atoms with Gasteiger partial charge in [0.25, 0.3) is 0 Å². The third kappa shape index (κ3) is 1.93. The van der Waals surface area contributed by atoms with Crippen molar-refractivity contribution in [2.75, 3.05) is 6.54 Å². The molecule has 0 saturated heterocycles. The zero-order chi connectivity index (χ0) is 11.8. The lowest BCUT2D eigenvalue weighted by Crippen LogP contribution is -2.35. The van der Waals surface area contributed by atoms with E-state index in [-0.39, 0.29) is 11.7 Å². The van der Waals surface area contributed by atoms with E-state index in [0.717, 1.165) is 56.6 Å². The summed E-state index contributed by atoms with van der Waals surface area (Å²) in [6.45, 7) is 1.76. The van der Waals surface area contributed by atoms with Crippen LogP contribution < -0.4 is 16.7 Å². The van der Waals surface area contributed by atoms with Crippen molar-refractivity contribution in [1.29, 1.82) is 0 Å². The molecule has 0 amide bonds. The first-order valence-electron chi connectivity index (χ1n) is 6.54. The minimum atomic E-state index is 0.0535. The van der Waals surface area contributed by atoms with E-state index in [1.54, 1.807) is 0 Å². The van der Waals surface area contributed by atoms with Crippen molar-refractivity contribution in [2.45, 2.75) is 50.7 Å². The fraction of sp³-hybridized carbons (Fsp3) is 0.750. The van der Waals surface area contributed by atoms with Gasteiger partial charge in [0, 0.05) is 37.3 Å². The highest BCUT2D eigenvalue weighted by Gasteiger charge is 2.26. The monoisotopic (exact) mass is 236 g/mol. The smallest absolute Gasteiger partial charge is 0.326 e. The molecule has 2 unspecified atom stereocenters. The van der Waals surface area contributed by atoms with Gasteiger partial charge in [-0.25, -0.2) is 4.79 Å². The standard InChI is InChI=1S/C12H20N4O/c13-8-2-1-3-9(6-8)16-11-7-14-5-4-10(11)15-12(16)17/h8-9,14H,1-7,13H2,(H,15,17). The molecule has 94 valence electrons. The maximum absolute atomic E-state index is 12.1. The maximum Gasteiger partial charge on any atom is 0.326 e. The molecule has 2 heterocycles. The maximum atomic E-state index is 12.1. The molecule has 1 aliphatic carbocycles. The van der Waals surface area contributed by atoms with E-state index in [0.29, 0.717) is 6.04 Å². The number of aromatic amines is 1. The zero-order valence-electron chi connectivity index (χ0n) is 10.0. The predicted octanol–water partition coefficient (Wildman–Crippen LogP) is 0.264. The Hall–Kier alpha value is -1.07. The summed E-state index contributed by atoms with van der Waals surface area (Å²) in [5.41, 5.74) is 8.34. The fourth-order valence-electron chi connectivity index (χ4n) is 3.17. The number of H-pyrrole nitrogens is 1. The van der Waals surface area contributed by atoms with Gasteiger partial charge in [0.2, 0.25) is 0 Å². The van der Waals surface area contributed by atoms with E-state index < -0.39 is 0 Å². The van der Waals surface area contributed by atoms with Crippen LogP contribution in [0.15, 0.2) is 4.79 Å². The van der Waals surface area contributed by atoms with Crippen LogP contribution in [0, 0.1) is 0 Å². The van der Waals surface area contributed by atoms with Crippen LogP contribution in [0.4, 0.5) is 0 Å². The van der Waals surface area contributed by atoms with E-state index >= 15 is 0 Å². The van der Waals surface area contributed by atoms with Gasteiger partial charge in [-0.1, -0.05) is 0 Å². The lowest BCUT2D eigenvalue weighted by Gasteiger charge is -2.29. The van der Waals surface area contributed by atoms with Crippen LogP contribution in [0.5, 0.6) is 0 Å². The molecule has 5 heteroatoms. The van der Waals surface area contributed by atoms with Gasteiger partial charge in [0.1, 0.15) is 0 Å². The van der Waals surface area contributed by atoms with Crippen LogP contribution in [0.3, 0.4) is 0 Å². The molecule has 1 aliphatic heterocycles. The summed E-state index contributed by atoms with van der Waals surface area (Å²) < 4.78 is 1.96. The van der Waals surface area contributed by atoms with E-state index in [2.05, 4.69) is 10.3 Å². The molecule has 0 radical (unpaired) electrons. The second-order valence-corrected chi connectivity index (χ2v) is 5.23. The Morgan fingerprint density at radius 1 is 1.35 bits per heavy atom. The minimum absolute atomic E-state index is 0.0535. The lowest BCUT2D eigenvalue weighted by atomic mass is 9.91. The van der Waals surface area contributed by atoms with Crippen molar-refractivity contribution < 1.29 is 0 Å². The molecule has 0 spiro atoms. The van der Waals surface area contributed by atoms with Gasteiger partial charge < -0.3 is 16.0 Å². The summed E-state index contributed by atoms with van der Waals surface area (Å²) in [6, 6.07) is 0.550. The largest absolute Gasteiger partial charge is 0.328 e. The Bertz CT molecular complexity index is 462. The molecule has 0 aromatic carbocycles. The van der Waals surface area contributed by atoms with Crippen molar-refractivity contribution in [3.63, 3.8) is 0 Å². The third-order valence-corrected chi connectivity index (χ3v) is 4.01. The average Bonchev–Trinajstić information content (AvgIpc) is 2.64. The summed E-state index contributed by atoms with van der Waals surface area (Å²) >= 11 is 0. The van der Waals surface area contributed by atoms with Gasteiger partial charge in [0.05, 0.1) is 5.69 Å². The summed E-state index contributed by atoms with van der Waals surface area (Å²) in [6.07, 6.45) is 5.17. The Morgan fingerprint density at radius 2 is 2.24 bits per heavy atom. The van der Waals surface area contributed by atoms with Crippen molar-refractivity contribution in [2.24, 2.45) is 5.73 Å². The van der Waals surface area contributed by atoms with E-state index in [1.807, 2.05) is 4.57 Å². The van der Waals surface area contributed by atoms with Crippen LogP contribution in [-0.4, -0.2) is 22.1 Å². The topological polar surface area (TPSA) is 75.8 Å². The normalized spacial score (nSPS) is 29.0. The quantitative estimate of drug-likeness (QED) is 0.655. The van der Waals surface area contributed by atoms with Gasteiger partial charge in [0.15, 0.2) is 0 Å². The number of fused-ring (bicyclic) bond motifs is 1. The first kappa shape index (κ1) is 11.0. The van der Waals surface area contributed by atoms with Crippen LogP contribution >= 0.6 is 0 Å². The van der Waals surface area contributed by atoms with Crippen molar-refractivity contribution in [1.82, 2.24) is 14.9 Å². The number of rotatable bonds is 1. The molecule has 2 atom stereocenters. The molecule has 1 aromatic heterocycles. The van der Waals surface area contributed by atoms with Crippen molar-refractivity contribution >= 4 is 0 Å². The molecule has 17 heavy (non-hydrogen) atoms. The highest BCUT2D eigenvalue weighted by atomic mass is 16.1. The molecular weight excluding hydrogens is 216 g/mol. The zero-order valence-corrected chi connectivity index (χ0v) is 10.0. The third-order valence-electron chi connectivity index (χ3n) is 4.01. The Labute approximate surface area is 100 Å². The van der Waals surface area contributed by atoms with Crippen LogP contribution in [-0.2, 0) is 13.0 Å². The number of nitrogens with two attached hydrogens (primary N) is 1. The molecular formula is C12H20N4O. The number of hydrogen-bond donors (Lipinski definition) is 3. The highest BCUT2D eigenvalue weighted by molar-refractivity contribution is 5.17. The second-order valence-electron chi connectivity index (χ2n) is 5.23. The Kier molecular flexibility index (Phi) is 2.80. The molecule has 3 rings (SSSR count). The van der Waals surface area contributed by atoms with Crippen molar-refractivity contribution in [3.8, 4) is 0 Å². The number of nitrogens with zero attached hydrogens (tertiary/aromatic N) is 1. The molecule has 0 bridgehead atoms. The van der Waals surface area contributed by atoms with Gasteiger partial charge in [-0.2, -0.15) is 0 Å². The van der Waals surface area contributed by atoms with E-state index in [9.17, 15) is 4.79 Å². The summed E-state index contributed by atoms with van der Waals surface area (Å²) in [7, 11) is 0. The summed E-state index contributed by atoms with van der Waals surface area (Å²) in [5, 5.41) is 3.33. The Balaban J connectivity index is 1.96. The number of aromatic nitrogens is 2. The van der Waals surface area contributed by atoms with E-state index in [4.69, 9.17) is 5.73 Å². The predicted molar refractivity (Wildman–Crippen MR) is 65.9 cm³/mol. The van der Waals surface area contributed by atoms with Crippen LogP contribution in [0.25, 0.3) is 0 Å². The van der Waals surface area contributed by atoms with Crippen LogP contribution in [0.2, 0.25) is 0 Å². The van der Waals surface area contributed by atoms with Gasteiger partial charge >= 0.3 is 5.69 Å².